The zero-order valence-electron chi connectivity index (χ0n) is 9.62. The SMILES string of the molecule is CCC(CN)c1sc(C2CCC2)nc1C. The van der Waals surface area contributed by atoms with Gasteiger partial charge in [-0.05, 0) is 26.2 Å². The van der Waals surface area contributed by atoms with Crippen molar-refractivity contribution >= 4 is 11.3 Å². The molecule has 1 aliphatic rings. The number of nitrogens with zero attached hydrogens (tertiary/aromatic N) is 1. The highest BCUT2D eigenvalue weighted by molar-refractivity contribution is 7.12. The first kappa shape index (κ1) is 11.1. The summed E-state index contributed by atoms with van der Waals surface area (Å²) in [5, 5.41) is 1.36. The largest absolute Gasteiger partial charge is 0.330 e. The van der Waals surface area contributed by atoms with Crippen LogP contribution in [0.25, 0.3) is 0 Å². The molecule has 2 rings (SSSR count). The predicted molar refractivity (Wildman–Crippen MR) is 65.5 cm³/mol. The lowest BCUT2D eigenvalue weighted by atomic mass is 9.86. The Bertz CT molecular complexity index is 324. The molecule has 2 N–H and O–H groups in total. The van der Waals surface area contributed by atoms with Crippen LogP contribution >= 0.6 is 11.3 Å². The van der Waals surface area contributed by atoms with Crippen LogP contribution in [0.4, 0.5) is 0 Å². The predicted octanol–water partition coefficient (Wildman–Crippen LogP) is 3.17. The van der Waals surface area contributed by atoms with Gasteiger partial charge in [-0.3, -0.25) is 0 Å². The van der Waals surface area contributed by atoms with Crippen molar-refractivity contribution in [2.75, 3.05) is 6.54 Å². The molecule has 0 spiro atoms. The number of rotatable bonds is 4. The van der Waals surface area contributed by atoms with Crippen LogP contribution in [-0.4, -0.2) is 11.5 Å². The van der Waals surface area contributed by atoms with Crippen molar-refractivity contribution in [3.63, 3.8) is 0 Å². The van der Waals surface area contributed by atoms with E-state index in [4.69, 9.17) is 10.7 Å². The van der Waals surface area contributed by atoms with Crippen molar-refractivity contribution in [2.45, 2.75) is 51.4 Å². The van der Waals surface area contributed by atoms with Crippen molar-refractivity contribution in [3.8, 4) is 0 Å². The van der Waals surface area contributed by atoms with Crippen LogP contribution in [-0.2, 0) is 0 Å². The summed E-state index contributed by atoms with van der Waals surface area (Å²) in [6, 6.07) is 0. The second kappa shape index (κ2) is 4.62. The fourth-order valence-electron chi connectivity index (χ4n) is 2.10. The molecule has 1 aromatic heterocycles. The Labute approximate surface area is 95.9 Å². The zero-order valence-corrected chi connectivity index (χ0v) is 10.4. The average Bonchev–Trinajstić information content (AvgIpc) is 2.47. The lowest BCUT2D eigenvalue weighted by Gasteiger charge is -2.22. The fraction of sp³-hybridized carbons (Fsp3) is 0.750. The van der Waals surface area contributed by atoms with Crippen molar-refractivity contribution in [2.24, 2.45) is 5.73 Å². The van der Waals surface area contributed by atoms with Crippen LogP contribution in [0.15, 0.2) is 0 Å². The summed E-state index contributed by atoms with van der Waals surface area (Å²) in [6.45, 7) is 5.09. The Hall–Kier alpha value is -0.410. The van der Waals surface area contributed by atoms with Crippen molar-refractivity contribution in [3.05, 3.63) is 15.6 Å². The summed E-state index contributed by atoms with van der Waals surface area (Å²) in [4.78, 5) is 6.14. The van der Waals surface area contributed by atoms with Gasteiger partial charge in [0.15, 0.2) is 0 Å². The molecule has 1 aliphatic carbocycles. The minimum atomic E-state index is 0.524. The Morgan fingerprint density at radius 1 is 1.53 bits per heavy atom. The van der Waals surface area contributed by atoms with E-state index in [0.717, 1.165) is 18.9 Å². The number of nitrogens with two attached hydrogens (primary N) is 1. The first-order valence-corrected chi connectivity index (χ1v) is 6.75. The molecule has 1 aromatic rings. The van der Waals surface area contributed by atoms with Gasteiger partial charge in [0.1, 0.15) is 0 Å². The molecule has 15 heavy (non-hydrogen) atoms. The Balaban J connectivity index is 2.19. The first-order chi connectivity index (χ1) is 7.26. The van der Waals surface area contributed by atoms with E-state index in [1.54, 1.807) is 0 Å². The molecule has 1 unspecified atom stereocenters. The highest BCUT2D eigenvalue weighted by Gasteiger charge is 2.25. The van der Waals surface area contributed by atoms with Gasteiger partial charge < -0.3 is 5.73 Å². The van der Waals surface area contributed by atoms with Crippen LogP contribution in [0.5, 0.6) is 0 Å². The number of aromatic nitrogens is 1. The van der Waals surface area contributed by atoms with Gasteiger partial charge in [0.05, 0.1) is 10.7 Å². The smallest absolute Gasteiger partial charge is 0.0961 e. The lowest BCUT2D eigenvalue weighted by molar-refractivity contribution is 0.418. The third-order valence-electron chi connectivity index (χ3n) is 3.45. The molecule has 0 radical (unpaired) electrons. The van der Waals surface area contributed by atoms with E-state index in [0.29, 0.717) is 5.92 Å². The van der Waals surface area contributed by atoms with E-state index in [9.17, 15) is 0 Å². The maximum absolute atomic E-state index is 5.79. The van der Waals surface area contributed by atoms with Crippen LogP contribution in [0.2, 0.25) is 0 Å². The van der Waals surface area contributed by atoms with E-state index >= 15 is 0 Å². The molecule has 84 valence electrons. The third-order valence-corrected chi connectivity index (χ3v) is 4.93. The van der Waals surface area contributed by atoms with Gasteiger partial charge in [0, 0.05) is 23.3 Å². The second-order valence-electron chi connectivity index (χ2n) is 4.47. The quantitative estimate of drug-likeness (QED) is 0.853. The van der Waals surface area contributed by atoms with Crippen molar-refractivity contribution in [1.82, 2.24) is 4.98 Å². The number of hydrogen-bond acceptors (Lipinski definition) is 3. The zero-order chi connectivity index (χ0) is 10.8. The summed E-state index contributed by atoms with van der Waals surface area (Å²) >= 11 is 1.91. The Morgan fingerprint density at radius 2 is 2.27 bits per heavy atom. The van der Waals surface area contributed by atoms with E-state index in [2.05, 4.69) is 13.8 Å². The van der Waals surface area contributed by atoms with Gasteiger partial charge in [-0.2, -0.15) is 0 Å². The summed E-state index contributed by atoms with van der Waals surface area (Å²) in [7, 11) is 0. The van der Waals surface area contributed by atoms with Crippen LogP contribution < -0.4 is 5.73 Å². The van der Waals surface area contributed by atoms with E-state index < -0.39 is 0 Å². The topological polar surface area (TPSA) is 38.9 Å². The highest BCUT2D eigenvalue weighted by atomic mass is 32.1. The first-order valence-electron chi connectivity index (χ1n) is 5.93. The van der Waals surface area contributed by atoms with Gasteiger partial charge in [0.2, 0.25) is 0 Å². The molecular formula is C12H20N2S. The molecule has 1 atom stereocenters. The van der Waals surface area contributed by atoms with Gasteiger partial charge in [0.25, 0.3) is 0 Å². The molecule has 3 heteroatoms. The molecule has 0 bridgehead atoms. The minimum absolute atomic E-state index is 0.524. The third kappa shape index (κ3) is 2.08. The summed E-state index contributed by atoms with van der Waals surface area (Å²) in [6.07, 6.45) is 5.19. The fourth-order valence-corrected chi connectivity index (χ4v) is 3.53. The number of aryl methyl sites for hydroxylation is 1. The van der Waals surface area contributed by atoms with Gasteiger partial charge in [-0.15, -0.1) is 11.3 Å². The monoisotopic (exact) mass is 224 g/mol. The molecule has 1 fully saturated rings. The van der Waals surface area contributed by atoms with E-state index in [1.807, 2.05) is 11.3 Å². The molecule has 2 nitrogen and oxygen atoms in total. The Kier molecular flexibility index (Phi) is 3.42. The summed E-state index contributed by atoms with van der Waals surface area (Å²) in [5.41, 5.74) is 7.02. The molecule has 0 amide bonds. The number of thiazole rings is 1. The molecular weight excluding hydrogens is 204 g/mol. The van der Waals surface area contributed by atoms with Gasteiger partial charge >= 0.3 is 0 Å². The van der Waals surface area contributed by atoms with Gasteiger partial charge in [-0.1, -0.05) is 13.3 Å². The molecule has 1 saturated carbocycles. The Morgan fingerprint density at radius 3 is 2.73 bits per heavy atom. The van der Waals surface area contributed by atoms with E-state index in [-0.39, 0.29) is 0 Å². The highest BCUT2D eigenvalue weighted by Crippen LogP contribution is 2.40. The standard InChI is InChI=1S/C12H20N2S/c1-3-9(7-13)11-8(2)14-12(15-11)10-5-4-6-10/h9-10H,3-7,13H2,1-2H3. The second-order valence-corrected chi connectivity index (χ2v) is 5.53. The molecule has 0 aromatic carbocycles. The van der Waals surface area contributed by atoms with Gasteiger partial charge in [-0.25, -0.2) is 4.98 Å². The normalized spacial score (nSPS) is 18.9. The molecule has 0 aliphatic heterocycles. The maximum atomic E-state index is 5.79. The summed E-state index contributed by atoms with van der Waals surface area (Å²) in [5.74, 6) is 1.29. The maximum Gasteiger partial charge on any atom is 0.0961 e. The van der Waals surface area contributed by atoms with Crippen molar-refractivity contribution < 1.29 is 0 Å². The van der Waals surface area contributed by atoms with Crippen molar-refractivity contribution in [1.29, 1.82) is 0 Å². The van der Waals surface area contributed by atoms with Crippen LogP contribution in [0, 0.1) is 6.92 Å². The summed E-state index contributed by atoms with van der Waals surface area (Å²) < 4.78 is 0. The van der Waals surface area contributed by atoms with Crippen LogP contribution in [0.1, 0.15) is 60.0 Å². The molecule has 0 saturated heterocycles. The average molecular weight is 224 g/mol. The lowest BCUT2D eigenvalue weighted by Crippen LogP contribution is -2.11. The minimum Gasteiger partial charge on any atom is -0.330 e. The van der Waals surface area contributed by atoms with E-state index in [1.165, 1.54) is 34.8 Å². The molecule has 1 heterocycles. The number of hydrogen-bond donors (Lipinski definition) is 1. The van der Waals surface area contributed by atoms with Crippen LogP contribution in [0.3, 0.4) is 0 Å².